The van der Waals surface area contributed by atoms with E-state index in [9.17, 15) is 4.79 Å². The van der Waals surface area contributed by atoms with Crippen LogP contribution in [0.4, 0.5) is 0 Å². The quantitative estimate of drug-likeness (QED) is 0.722. The molecule has 1 aliphatic rings. The monoisotopic (exact) mass is 354 g/mol. The second-order valence-electron chi connectivity index (χ2n) is 6.85. The van der Waals surface area contributed by atoms with Crippen molar-refractivity contribution in [3.8, 4) is 0 Å². The fraction of sp³-hybridized carbons (Fsp3) is 0.368. The van der Waals surface area contributed by atoms with Gasteiger partial charge in [-0.1, -0.05) is 18.2 Å². The van der Waals surface area contributed by atoms with E-state index in [0.717, 1.165) is 40.2 Å². The summed E-state index contributed by atoms with van der Waals surface area (Å²) in [7, 11) is 4.15. The van der Waals surface area contributed by atoms with E-state index in [2.05, 4.69) is 40.9 Å². The lowest BCUT2D eigenvalue weighted by molar-refractivity contribution is 0.0665. The fourth-order valence-corrected chi connectivity index (χ4v) is 4.44. The summed E-state index contributed by atoms with van der Waals surface area (Å²) in [6.45, 7) is 2.33. The van der Waals surface area contributed by atoms with Crippen molar-refractivity contribution >= 4 is 27.3 Å². The highest BCUT2D eigenvalue weighted by Crippen LogP contribution is 2.29. The third kappa shape index (κ3) is 3.19. The van der Waals surface area contributed by atoms with Crippen LogP contribution in [-0.4, -0.2) is 52.7 Å². The molecule has 0 unspecified atom stereocenters. The minimum atomic E-state index is 0.128. The molecular weight excluding hydrogens is 332 g/mol. The predicted molar refractivity (Wildman–Crippen MR) is 101 cm³/mol. The van der Waals surface area contributed by atoms with Crippen molar-refractivity contribution in [3.05, 3.63) is 53.2 Å². The largest absolute Gasteiger partial charge is 0.330 e. The summed E-state index contributed by atoms with van der Waals surface area (Å²) in [6.07, 6.45) is 2.82. The third-order valence-corrected chi connectivity index (χ3v) is 5.82. The first-order valence-corrected chi connectivity index (χ1v) is 9.38. The number of benzene rings is 1. The van der Waals surface area contributed by atoms with Crippen LogP contribution in [-0.2, 0) is 6.54 Å². The molecule has 6 heteroatoms. The zero-order chi connectivity index (χ0) is 17.4. The minimum absolute atomic E-state index is 0.128. The number of hydrogen-bond donors (Lipinski definition) is 0. The van der Waals surface area contributed by atoms with Gasteiger partial charge in [0.25, 0.3) is 5.91 Å². The second-order valence-corrected chi connectivity index (χ2v) is 7.93. The Balaban J connectivity index is 1.58. The Bertz CT molecular complexity index is 865. The molecule has 0 aliphatic carbocycles. The Kier molecular flexibility index (Phi) is 4.31. The number of carbonyl (C=O) groups excluding carboxylic acids is 1. The van der Waals surface area contributed by atoms with Gasteiger partial charge in [-0.2, -0.15) is 5.10 Å². The lowest BCUT2D eigenvalue weighted by Gasteiger charge is -2.34. The first kappa shape index (κ1) is 16.3. The highest BCUT2D eigenvalue weighted by molar-refractivity contribution is 7.20. The van der Waals surface area contributed by atoms with Crippen LogP contribution in [0.15, 0.2) is 42.6 Å². The van der Waals surface area contributed by atoms with Gasteiger partial charge in [0, 0.05) is 17.4 Å². The molecule has 3 heterocycles. The molecule has 3 aromatic rings. The number of thiophene rings is 1. The Morgan fingerprint density at radius 1 is 1.32 bits per heavy atom. The van der Waals surface area contributed by atoms with E-state index in [1.54, 1.807) is 11.3 Å². The van der Waals surface area contributed by atoms with Crippen molar-refractivity contribution in [3.63, 3.8) is 0 Å². The molecular formula is C19H22N4OS. The lowest BCUT2D eigenvalue weighted by atomic mass is 10.1. The van der Waals surface area contributed by atoms with E-state index in [4.69, 9.17) is 0 Å². The van der Waals surface area contributed by atoms with Crippen molar-refractivity contribution in [2.45, 2.75) is 19.0 Å². The van der Waals surface area contributed by atoms with Crippen molar-refractivity contribution in [2.75, 3.05) is 27.2 Å². The summed E-state index contributed by atoms with van der Waals surface area (Å²) in [4.78, 5) is 18.1. The van der Waals surface area contributed by atoms with Gasteiger partial charge in [0.1, 0.15) is 0 Å². The number of amides is 1. The molecule has 0 saturated carbocycles. The summed E-state index contributed by atoms with van der Waals surface area (Å²) in [5, 5.41) is 5.62. The van der Waals surface area contributed by atoms with E-state index in [-0.39, 0.29) is 11.9 Å². The lowest BCUT2D eigenvalue weighted by Crippen LogP contribution is -2.41. The van der Waals surface area contributed by atoms with Crippen molar-refractivity contribution < 1.29 is 4.79 Å². The Labute approximate surface area is 151 Å². The summed E-state index contributed by atoms with van der Waals surface area (Å²) in [5.74, 6) is 0.128. The summed E-state index contributed by atoms with van der Waals surface area (Å²) in [6, 6.07) is 12.4. The first-order valence-electron chi connectivity index (χ1n) is 8.57. The topological polar surface area (TPSA) is 41.4 Å². The molecule has 0 radical (unpaired) electrons. The maximum Gasteiger partial charge on any atom is 0.264 e. The van der Waals surface area contributed by atoms with Crippen LogP contribution in [0, 0.1) is 0 Å². The molecule has 0 N–H and O–H groups in total. The molecule has 0 spiro atoms. The number of aromatic nitrogens is 2. The zero-order valence-electron chi connectivity index (χ0n) is 14.6. The predicted octanol–water partition coefficient (Wildman–Crippen LogP) is 3.25. The molecule has 1 aliphatic heterocycles. The zero-order valence-corrected chi connectivity index (χ0v) is 15.4. The molecule has 0 bridgehead atoms. The summed E-state index contributed by atoms with van der Waals surface area (Å²) < 4.78 is 3.26. The van der Waals surface area contributed by atoms with Crippen LogP contribution < -0.4 is 0 Å². The molecule has 5 nitrogen and oxygen atoms in total. The molecule has 1 aromatic carbocycles. The summed E-state index contributed by atoms with van der Waals surface area (Å²) in [5.41, 5.74) is 1.12. The highest BCUT2D eigenvalue weighted by atomic mass is 32.1. The Morgan fingerprint density at radius 2 is 2.16 bits per heavy atom. The SMILES string of the molecule is CN(C)CC[C@@H]1CN(C(=O)c2cc3ccccc3s2)Cc2ccnn21. The first-order chi connectivity index (χ1) is 12.1. The van der Waals surface area contributed by atoms with Crippen molar-refractivity contribution in [1.82, 2.24) is 19.6 Å². The van der Waals surface area contributed by atoms with E-state index in [0.29, 0.717) is 6.54 Å². The Morgan fingerprint density at radius 3 is 2.96 bits per heavy atom. The van der Waals surface area contributed by atoms with E-state index >= 15 is 0 Å². The van der Waals surface area contributed by atoms with Crippen LogP contribution in [0.5, 0.6) is 0 Å². The molecule has 2 aromatic heterocycles. The van der Waals surface area contributed by atoms with E-state index in [1.165, 1.54) is 0 Å². The van der Waals surface area contributed by atoms with Gasteiger partial charge in [0.05, 0.1) is 23.2 Å². The van der Waals surface area contributed by atoms with Gasteiger partial charge in [-0.3, -0.25) is 9.48 Å². The highest BCUT2D eigenvalue weighted by Gasteiger charge is 2.29. The van der Waals surface area contributed by atoms with E-state index < -0.39 is 0 Å². The number of fused-ring (bicyclic) bond motifs is 2. The van der Waals surface area contributed by atoms with Gasteiger partial charge >= 0.3 is 0 Å². The van der Waals surface area contributed by atoms with Crippen molar-refractivity contribution in [1.29, 1.82) is 0 Å². The smallest absolute Gasteiger partial charge is 0.264 e. The Hall–Kier alpha value is -2.18. The van der Waals surface area contributed by atoms with Crippen molar-refractivity contribution in [2.24, 2.45) is 0 Å². The standard InChI is InChI=1S/C19H22N4OS/c1-21(2)10-8-16-13-22(12-15-7-9-20-23(15)16)19(24)18-11-14-5-3-4-6-17(14)25-18/h3-7,9,11,16H,8,10,12-13H2,1-2H3/t16-/m1/s1. The minimum Gasteiger partial charge on any atom is -0.330 e. The van der Waals surface area contributed by atoms with Gasteiger partial charge in [-0.15, -0.1) is 11.3 Å². The number of rotatable bonds is 4. The van der Waals surface area contributed by atoms with Crippen LogP contribution in [0.1, 0.15) is 27.8 Å². The average Bonchev–Trinajstić information content (AvgIpc) is 3.25. The number of nitrogens with zero attached hydrogens (tertiary/aromatic N) is 4. The molecule has 1 atom stereocenters. The van der Waals surface area contributed by atoms with Crippen LogP contribution in [0.25, 0.3) is 10.1 Å². The normalized spacial score (nSPS) is 17.2. The van der Waals surface area contributed by atoms with Crippen LogP contribution in [0.2, 0.25) is 0 Å². The molecule has 130 valence electrons. The van der Waals surface area contributed by atoms with Crippen LogP contribution in [0.3, 0.4) is 0 Å². The second kappa shape index (κ2) is 6.61. The van der Waals surface area contributed by atoms with Gasteiger partial charge < -0.3 is 9.80 Å². The maximum atomic E-state index is 13.1. The fourth-order valence-electron chi connectivity index (χ4n) is 3.41. The van der Waals surface area contributed by atoms with E-state index in [1.807, 2.05) is 35.4 Å². The van der Waals surface area contributed by atoms with Gasteiger partial charge in [-0.25, -0.2) is 0 Å². The average molecular weight is 354 g/mol. The molecule has 25 heavy (non-hydrogen) atoms. The number of carbonyl (C=O) groups is 1. The van der Waals surface area contributed by atoms with Crippen LogP contribution >= 0.6 is 11.3 Å². The molecule has 1 amide bonds. The summed E-state index contributed by atoms with van der Waals surface area (Å²) >= 11 is 1.58. The third-order valence-electron chi connectivity index (χ3n) is 4.72. The molecule has 0 fully saturated rings. The maximum absolute atomic E-state index is 13.1. The number of hydrogen-bond acceptors (Lipinski definition) is 4. The van der Waals surface area contributed by atoms with Gasteiger partial charge in [0.15, 0.2) is 0 Å². The van der Waals surface area contributed by atoms with Gasteiger partial charge in [-0.05, 0) is 50.6 Å². The molecule has 0 saturated heterocycles. The van der Waals surface area contributed by atoms with Gasteiger partial charge in [0.2, 0.25) is 0 Å². The molecule has 4 rings (SSSR count).